The Kier molecular flexibility index (Phi) is 3.79. The van der Waals surface area contributed by atoms with Gasteiger partial charge in [-0.05, 0) is 36.5 Å². The van der Waals surface area contributed by atoms with E-state index in [1.54, 1.807) is 19.2 Å². The van der Waals surface area contributed by atoms with Gasteiger partial charge in [0.15, 0.2) is 5.11 Å². The largest absolute Gasteiger partial charge is 0.364 e. The number of halogens is 1. The highest BCUT2D eigenvalue weighted by Crippen LogP contribution is 2.12. The summed E-state index contributed by atoms with van der Waals surface area (Å²) in [6.07, 6.45) is 0. The molecule has 1 rings (SSSR count). The number of rotatable bonds is 2. The highest BCUT2D eigenvalue weighted by Gasteiger charge is 1.92. The summed E-state index contributed by atoms with van der Waals surface area (Å²) >= 11 is 10.6. The van der Waals surface area contributed by atoms with Gasteiger partial charge in [0.2, 0.25) is 0 Å². The molecule has 0 unspecified atom stereocenters. The summed E-state index contributed by atoms with van der Waals surface area (Å²) in [5.74, 6) is 0. The van der Waals surface area contributed by atoms with E-state index in [0.29, 0.717) is 10.1 Å². The lowest BCUT2D eigenvalue weighted by atomic mass is 10.3. The van der Waals surface area contributed by atoms with E-state index in [2.05, 4.69) is 16.2 Å². The fourth-order valence-electron chi connectivity index (χ4n) is 0.725. The van der Waals surface area contributed by atoms with Crippen LogP contribution in [0.3, 0.4) is 0 Å². The Balaban J connectivity index is 2.46. The van der Waals surface area contributed by atoms with Crippen molar-refractivity contribution in [2.75, 3.05) is 12.5 Å². The van der Waals surface area contributed by atoms with E-state index in [4.69, 9.17) is 23.8 Å². The molecule has 0 fully saturated rings. The molecule has 0 aromatic heterocycles. The van der Waals surface area contributed by atoms with Crippen molar-refractivity contribution < 1.29 is 0 Å². The van der Waals surface area contributed by atoms with Crippen LogP contribution in [0.5, 0.6) is 0 Å². The molecule has 13 heavy (non-hydrogen) atoms. The van der Waals surface area contributed by atoms with Gasteiger partial charge in [-0.15, -0.1) is 0 Å². The maximum absolute atomic E-state index is 5.72. The van der Waals surface area contributed by atoms with E-state index in [1.807, 2.05) is 12.1 Å². The Morgan fingerprint density at radius 3 is 2.46 bits per heavy atom. The average molecular weight is 216 g/mol. The number of anilines is 1. The number of thiocarbonyl (C=S) groups is 1. The second-order valence-electron chi connectivity index (χ2n) is 2.34. The van der Waals surface area contributed by atoms with Crippen molar-refractivity contribution in [2.24, 2.45) is 0 Å². The van der Waals surface area contributed by atoms with Gasteiger partial charge in [-0.3, -0.25) is 10.9 Å². The Hall–Kier alpha value is -1.00. The van der Waals surface area contributed by atoms with Gasteiger partial charge in [0, 0.05) is 12.1 Å². The molecule has 3 nitrogen and oxygen atoms in total. The zero-order valence-electron chi connectivity index (χ0n) is 7.10. The summed E-state index contributed by atoms with van der Waals surface area (Å²) in [5, 5.41) is 4.03. The Bertz CT molecular complexity index is 286. The van der Waals surface area contributed by atoms with Crippen LogP contribution < -0.4 is 16.2 Å². The number of hydrogen-bond donors (Lipinski definition) is 3. The predicted octanol–water partition coefficient (Wildman–Crippen LogP) is 1.76. The molecule has 0 saturated heterocycles. The lowest BCUT2D eigenvalue weighted by Gasteiger charge is -2.09. The normalized spacial score (nSPS) is 9.08. The van der Waals surface area contributed by atoms with Crippen LogP contribution in [-0.4, -0.2) is 12.2 Å². The Labute approximate surface area is 87.4 Å². The van der Waals surface area contributed by atoms with Gasteiger partial charge in [0.25, 0.3) is 0 Å². The summed E-state index contributed by atoms with van der Waals surface area (Å²) in [6, 6.07) is 7.31. The smallest absolute Gasteiger partial charge is 0.184 e. The average Bonchev–Trinajstić information content (AvgIpc) is 2.16. The second-order valence-corrected chi connectivity index (χ2v) is 3.18. The lowest BCUT2D eigenvalue weighted by molar-refractivity contribution is 1.04. The maximum Gasteiger partial charge on any atom is 0.184 e. The predicted molar refractivity (Wildman–Crippen MR) is 59.9 cm³/mol. The van der Waals surface area contributed by atoms with Crippen LogP contribution in [-0.2, 0) is 0 Å². The molecular formula is C8H10ClN3S. The lowest BCUT2D eigenvalue weighted by Crippen LogP contribution is -2.36. The Morgan fingerprint density at radius 2 is 1.92 bits per heavy atom. The molecule has 0 spiro atoms. The monoisotopic (exact) mass is 215 g/mol. The van der Waals surface area contributed by atoms with Gasteiger partial charge in [-0.2, -0.15) is 0 Å². The first-order valence-electron chi connectivity index (χ1n) is 3.71. The standard InChI is InChI=1S/C8H10ClN3S/c1-10-8(13)12-11-7-4-2-6(9)3-5-7/h2-5,11H,1H3,(H2,10,12,13). The molecule has 0 aliphatic heterocycles. The van der Waals surface area contributed by atoms with Crippen LogP contribution in [0.2, 0.25) is 5.02 Å². The van der Waals surface area contributed by atoms with Gasteiger partial charge < -0.3 is 5.32 Å². The zero-order chi connectivity index (χ0) is 9.68. The van der Waals surface area contributed by atoms with Gasteiger partial charge in [0.05, 0.1) is 5.69 Å². The third kappa shape index (κ3) is 3.48. The van der Waals surface area contributed by atoms with Crippen molar-refractivity contribution in [3.05, 3.63) is 29.3 Å². The molecule has 0 heterocycles. The summed E-state index contributed by atoms with van der Waals surface area (Å²) in [6.45, 7) is 0. The van der Waals surface area contributed by atoms with Gasteiger partial charge in [-0.1, -0.05) is 11.6 Å². The van der Waals surface area contributed by atoms with Crippen molar-refractivity contribution in [1.29, 1.82) is 0 Å². The molecule has 5 heteroatoms. The highest BCUT2D eigenvalue weighted by atomic mass is 35.5. The first-order chi connectivity index (χ1) is 6.22. The van der Waals surface area contributed by atoms with Gasteiger partial charge >= 0.3 is 0 Å². The van der Waals surface area contributed by atoms with Crippen molar-refractivity contribution in [3.8, 4) is 0 Å². The van der Waals surface area contributed by atoms with E-state index in [1.165, 1.54) is 0 Å². The van der Waals surface area contributed by atoms with Crippen LogP contribution in [0, 0.1) is 0 Å². The summed E-state index contributed by atoms with van der Waals surface area (Å²) in [7, 11) is 1.75. The molecule has 0 aliphatic rings. The fourth-order valence-corrected chi connectivity index (χ4v) is 0.902. The molecule has 0 radical (unpaired) electrons. The molecule has 0 aliphatic carbocycles. The molecule has 0 saturated carbocycles. The van der Waals surface area contributed by atoms with Crippen LogP contribution in [0.15, 0.2) is 24.3 Å². The van der Waals surface area contributed by atoms with Gasteiger partial charge in [-0.25, -0.2) is 0 Å². The van der Waals surface area contributed by atoms with Crippen molar-refractivity contribution in [2.45, 2.75) is 0 Å². The maximum atomic E-state index is 5.72. The molecule has 70 valence electrons. The first kappa shape index (κ1) is 10.1. The minimum absolute atomic E-state index is 0.537. The van der Waals surface area contributed by atoms with Crippen LogP contribution in [0.25, 0.3) is 0 Å². The highest BCUT2D eigenvalue weighted by molar-refractivity contribution is 7.80. The first-order valence-corrected chi connectivity index (χ1v) is 4.50. The van der Waals surface area contributed by atoms with E-state index < -0.39 is 0 Å². The van der Waals surface area contributed by atoms with Crippen molar-refractivity contribution in [1.82, 2.24) is 10.7 Å². The molecule has 3 N–H and O–H groups in total. The summed E-state index contributed by atoms with van der Waals surface area (Å²) in [4.78, 5) is 0. The topological polar surface area (TPSA) is 36.1 Å². The Morgan fingerprint density at radius 1 is 1.31 bits per heavy atom. The van der Waals surface area contributed by atoms with E-state index in [9.17, 15) is 0 Å². The molecule has 1 aromatic rings. The van der Waals surface area contributed by atoms with Crippen LogP contribution >= 0.6 is 23.8 Å². The number of hydrogen-bond acceptors (Lipinski definition) is 2. The number of hydrazine groups is 1. The molecule has 0 amide bonds. The van der Waals surface area contributed by atoms with E-state index >= 15 is 0 Å². The minimum Gasteiger partial charge on any atom is -0.364 e. The SMILES string of the molecule is CNC(=S)NNc1ccc(Cl)cc1. The number of benzene rings is 1. The molecule has 1 aromatic carbocycles. The molecular weight excluding hydrogens is 206 g/mol. The fraction of sp³-hybridized carbons (Fsp3) is 0.125. The molecule has 0 bridgehead atoms. The minimum atomic E-state index is 0.537. The third-order valence-electron chi connectivity index (χ3n) is 1.39. The van der Waals surface area contributed by atoms with Crippen LogP contribution in [0.4, 0.5) is 5.69 Å². The van der Waals surface area contributed by atoms with Crippen LogP contribution in [0.1, 0.15) is 0 Å². The second kappa shape index (κ2) is 4.89. The van der Waals surface area contributed by atoms with Crippen molar-refractivity contribution in [3.63, 3.8) is 0 Å². The zero-order valence-corrected chi connectivity index (χ0v) is 8.67. The quantitative estimate of drug-likeness (QED) is 0.519. The molecule has 0 atom stereocenters. The third-order valence-corrected chi connectivity index (χ3v) is 1.95. The van der Waals surface area contributed by atoms with E-state index in [-0.39, 0.29) is 0 Å². The van der Waals surface area contributed by atoms with E-state index in [0.717, 1.165) is 5.69 Å². The summed E-state index contributed by atoms with van der Waals surface area (Å²) < 4.78 is 0. The van der Waals surface area contributed by atoms with Gasteiger partial charge in [0.1, 0.15) is 0 Å². The summed E-state index contributed by atoms with van der Waals surface area (Å²) in [5.41, 5.74) is 6.61. The number of nitrogens with one attached hydrogen (secondary N) is 3. The van der Waals surface area contributed by atoms with Crippen molar-refractivity contribution >= 4 is 34.6 Å².